The van der Waals surface area contributed by atoms with E-state index < -0.39 is 39.7 Å². The Labute approximate surface area is 292 Å². The van der Waals surface area contributed by atoms with Crippen molar-refractivity contribution in [1.82, 2.24) is 4.72 Å². The van der Waals surface area contributed by atoms with Crippen molar-refractivity contribution in [2.24, 2.45) is 16.1 Å². The van der Waals surface area contributed by atoms with Crippen LogP contribution >= 0.6 is 0 Å². The number of ether oxygens (including phenoxy) is 4. The van der Waals surface area contributed by atoms with E-state index in [1.54, 1.807) is 6.92 Å². The average molecular weight is 710 g/mol. The summed E-state index contributed by atoms with van der Waals surface area (Å²) < 4.78 is 51.2. The summed E-state index contributed by atoms with van der Waals surface area (Å²) in [4.78, 5) is 50.8. The van der Waals surface area contributed by atoms with E-state index in [1.807, 2.05) is 62.4 Å². The van der Waals surface area contributed by atoms with Gasteiger partial charge in [0, 0.05) is 18.5 Å². The zero-order valence-corrected chi connectivity index (χ0v) is 29.6. The molecule has 0 radical (unpaired) electrons. The minimum Gasteiger partial charge on any atom is -0.487 e. The number of benzene rings is 3. The van der Waals surface area contributed by atoms with E-state index in [2.05, 4.69) is 14.5 Å². The molecule has 0 fully saturated rings. The number of carbonyl (C=O) groups excluding carboxylic acids is 4. The monoisotopic (exact) mass is 709 g/mol. The van der Waals surface area contributed by atoms with Crippen molar-refractivity contribution in [3.8, 4) is 11.5 Å². The molecule has 0 saturated carbocycles. The lowest BCUT2D eigenvalue weighted by Gasteiger charge is -2.18. The second-order valence-electron chi connectivity index (χ2n) is 12.2. The lowest BCUT2D eigenvalue weighted by atomic mass is 9.89. The third kappa shape index (κ3) is 11.5. The molecule has 268 valence electrons. The highest BCUT2D eigenvalue weighted by Gasteiger charge is 2.32. The first-order chi connectivity index (χ1) is 23.7. The second kappa shape index (κ2) is 18.1. The van der Waals surface area contributed by atoms with E-state index >= 15 is 0 Å². The highest BCUT2D eigenvalue weighted by atomic mass is 32.2. The van der Waals surface area contributed by atoms with E-state index in [0.29, 0.717) is 11.3 Å². The molecule has 3 rings (SSSR count). The summed E-state index contributed by atoms with van der Waals surface area (Å²) >= 11 is 0. The topological polar surface area (TPSA) is 190 Å². The molecule has 14 heteroatoms. The minimum atomic E-state index is -4.24. The van der Waals surface area contributed by atoms with Crippen LogP contribution in [0.3, 0.4) is 0 Å². The van der Waals surface area contributed by atoms with Gasteiger partial charge in [-0.25, -0.2) is 17.9 Å². The lowest BCUT2D eigenvalue weighted by Crippen LogP contribution is -2.29. The predicted octanol–water partition coefficient (Wildman–Crippen LogP) is 4.20. The van der Waals surface area contributed by atoms with Gasteiger partial charge in [0.05, 0.1) is 12.0 Å². The number of amides is 1. The molecule has 0 aromatic heterocycles. The van der Waals surface area contributed by atoms with Crippen molar-refractivity contribution in [2.45, 2.75) is 64.9 Å². The Bertz CT molecular complexity index is 1810. The van der Waals surface area contributed by atoms with Gasteiger partial charge < -0.3 is 24.7 Å². The quantitative estimate of drug-likeness (QED) is 0.0633. The van der Waals surface area contributed by atoms with Gasteiger partial charge in [-0.3, -0.25) is 14.4 Å². The number of nitrogens with two attached hydrogens (primary N) is 1. The molecular formula is C36H43N3O10S. The van der Waals surface area contributed by atoms with Crippen molar-refractivity contribution in [1.29, 1.82) is 0 Å². The van der Waals surface area contributed by atoms with E-state index in [9.17, 15) is 27.6 Å². The molecule has 13 nitrogen and oxygen atoms in total. The number of nitrogens with one attached hydrogen (secondary N) is 1. The maximum Gasteiger partial charge on any atom is 0.344 e. The Morgan fingerprint density at radius 2 is 1.70 bits per heavy atom. The number of sulfonamides is 1. The fraction of sp³-hybridized carbons (Fsp3) is 0.361. The average Bonchev–Trinajstić information content (AvgIpc) is 3.07. The first-order valence-corrected chi connectivity index (χ1v) is 17.4. The van der Waals surface area contributed by atoms with Crippen LogP contribution in [-0.2, 0) is 51.7 Å². The lowest BCUT2D eigenvalue weighted by molar-refractivity contribution is -0.160. The first-order valence-electron chi connectivity index (χ1n) is 15.9. The summed E-state index contributed by atoms with van der Waals surface area (Å²) in [6, 6.07) is 18.8. The number of carbonyl (C=O) groups is 4. The van der Waals surface area contributed by atoms with Crippen LogP contribution in [0.25, 0.3) is 0 Å². The third-order valence-corrected chi connectivity index (χ3v) is 8.89. The van der Waals surface area contributed by atoms with Crippen molar-refractivity contribution in [2.75, 3.05) is 19.8 Å². The van der Waals surface area contributed by atoms with Gasteiger partial charge in [-0.15, -0.1) is 0 Å². The predicted molar refractivity (Wildman–Crippen MR) is 185 cm³/mol. The summed E-state index contributed by atoms with van der Waals surface area (Å²) in [5, 5.41) is 0. The molecule has 3 aromatic rings. The van der Waals surface area contributed by atoms with Gasteiger partial charge in [0.25, 0.3) is 0 Å². The van der Waals surface area contributed by atoms with Gasteiger partial charge in [0.1, 0.15) is 28.8 Å². The highest BCUT2D eigenvalue weighted by Crippen LogP contribution is 2.29. The van der Waals surface area contributed by atoms with Crippen LogP contribution < -0.4 is 19.9 Å². The fourth-order valence-corrected chi connectivity index (χ4v) is 5.83. The smallest absolute Gasteiger partial charge is 0.344 e. The standard InChI is InChI=1S/C36H43N3O10S/c1-6-46-33(42)22-48-30-18-27(24(2)3)13-12-26(30)16-17-38-50(44,45)31-19-28(14-15-29(31)47-21-25-10-8-7-9-11-25)34(37)39-32(41)20-36(4,5)35(43)49-23-40/h7-15,18-19,23-24,38H,6,16-17,20-22H2,1-5H3,(H2,37,39,41). The van der Waals surface area contributed by atoms with Crippen LogP contribution in [0.15, 0.2) is 76.6 Å². The van der Waals surface area contributed by atoms with Crippen LogP contribution in [0.2, 0.25) is 0 Å². The molecule has 0 bridgehead atoms. The Morgan fingerprint density at radius 3 is 2.36 bits per heavy atom. The second-order valence-corrected chi connectivity index (χ2v) is 13.9. The molecule has 0 aliphatic carbocycles. The van der Waals surface area contributed by atoms with Crippen molar-refractivity contribution >= 4 is 40.2 Å². The molecular weight excluding hydrogens is 666 g/mol. The van der Waals surface area contributed by atoms with Gasteiger partial charge in [-0.2, -0.15) is 4.99 Å². The van der Waals surface area contributed by atoms with Gasteiger partial charge in [0.2, 0.25) is 15.9 Å². The maximum absolute atomic E-state index is 13.8. The van der Waals surface area contributed by atoms with Gasteiger partial charge in [0.15, 0.2) is 6.61 Å². The molecule has 50 heavy (non-hydrogen) atoms. The van der Waals surface area contributed by atoms with Crippen LogP contribution in [0, 0.1) is 5.41 Å². The van der Waals surface area contributed by atoms with Crippen molar-refractivity contribution in [3.63, 3.8) is 0 Å². The summed E-state index contributed by atoms with van der Waals surface area (Å²) in [5.74, 6) is -1.87. The van der Waals surface area contributed by atoms with Gasteiger partial charge in [-0.05, 0) is 74.1 Å². The molecule has 3 aromatic carbocycles. The van der Waals surface area contributed by atoms with Crippen LogP contribution in [0.1, 0.15) is 69.2 Å². The maximum atomic E-state index is 13.8. The summed E-state index contributed by atoms with van der Waals surface area (Å²) in [7, 11) is -4.24. The summed E-state index contributed by atoms with van der Waals surface area (Å²) in [6.07, 6.45) is -0.203. The number of hydrogen-bond acceptors (Lipinski definition) is 10. The number of aliphatic imine (C=N–C) groups is 1. The van der Waals surface area contributed by atoms with Crippen LogP contribution in [0.4, 0.5) is 0 Å². The first kappa shape index (κ1) is 39.4. The largest absolute Gasteiger partial charge is 0.487 e. The van der Waals surface area contributed by atoms with E-state index in [4.69, 9.17) is 19.9 Å². The minimum absolute atomic E-state index is 0.0228. The number of esters is 2. The molecule has 0 saturated heterocycles. The third-order valence-electron chi connectivity index (χ3n) is 7.41. The zero-order chi connectivity index (χ0) is 36.9. The van der Waals surface area contributed by atoms with E-state index in [-0.39, 0.29) is 67.2 Å². The fourth-order valence-electron chi connectivity index (χ4n) is 4.63. The molecule has 1 amide bonds. The van der Waals surface area contributed by atoms with Gasteiger partial charge in [-0.1, -0.05) is 56.3 Å². The van der Waals surface area contributed by atoms with Crippen LogP contribution in [-0.4, -0.2) is 58.3 Å². The van der Waals surface area contributed by atoms with Crippen LogP contribution in [0.5, 0.6) is 11.5 Å². The highest BCUT2D eigenvalue weighted by molar-refractivity contribution is 7.89. The number of hydrogen-bond donors (Lipinski definition) is 2. The number of nitrogens with zero attached hydrogens (tertiary/aromatic N) is 1. The summed E-state index contributed by atoms with van der Waals surface area (Å²) in [5.41, 5.74) is 7.32. The van der Waals surface area contributed by atoms with E-state index in [0.717, 1.165) is 11.1 Å². The molecule has 0 heterocycles. The SMILES string of the molecule is CCOC(=O)COc1cc(C(C)C)ccc1CCNS(=O)(=O)c1cc(C(N)=NC(=O)CC(C)(C)C(=O)OC=O)ccc1OCc1ccccc1. The number of amidine groups is 1. The molecule has 0 spiro atoms. The number of rotatable bonds is 18. The van der Waals surface area contributed by atoms with Gasteiger partial charge >= 0.3 is 18.4 Å². The van der Waals surface area contributed by atoms with Crippen molar-refractivity contribution < 1.29 is 46.5 Å². The molecule has 0 aliphatic heterocycles. The Morgan fingerprint density at radius 1 is 0.980 bits per heavy atom. The van der Waals surface area contributed by atoms with Crippen molar-refractivity contribution in [3.05, 3.63) is 89.0 Å². The normalized spacial score (nSPS) is 11.9. The Hall–Kier alpha value is -5.08. The molecule has 0 atom stereocenters. The Kier molecular flexibility index (Phi) is 14.2. The Balaban J connectivity index is 1.88. The molecule has 0 unspecified atom stereocenters. The van der Waals surface area contributed by atoms with E-state index in [1.165, 1.54) is 32.0 Å². The molecule has 0 aliphatic rings. The summed E-state index contributed by atoms with van der Waals surface area (Å²) in [6.45, 7) is 8.47. The molecule has 3 N–H and O–H groups in total. The zero-order valence-electron chi connectivity index (χ0n) is 28.8.